The highest BCUT2D eigenvalue weighted by Gasteiger charge is 2.16. The van der Waals surface area contributed by atoms with Crippen LogP contribution < -0.4 is 0 Å². The van der Waals surface area contributed by atoms with Gasteiger partial charge in [0.05, 0.1) is 1.37 Å². The maximum atomic E-state index is 9.49. The van der Waals surface area contributed by atoms with Crippen LogP contribution in [0.3, 0.4) is 0 Å². The van der Waals surface area contributed by atoms with Crippen LogP contribution in [0.2, 0.25) is 0 Å². The first-order valence-corrected chi connectivity index (χ1v) is 3.71. The van der Waals surface area contributed by atoms with E-state index in [1.807, 2.05) is 20.8 Å². The Kier molecular flexibility index (Phi) is 1.57. The molecule has 1 nitrogen and oxygen atoms in total. The summed E-state index contributed by atoms with van der Waals surface area (Å²) < 4.78 is 7.40. The largest absolute Gasteiger partial charge is 0.508 e. The maximum Gasteiger partial charge on any atom is 0.119 e. The third kappa shape index (κ3) is 1.73. The summed E-state index contributed by atoms with van der Waals surface area (Å²) in [6.45, 7) is 6.05. The number of phenolic OH excluding ortho intramolecular Hbond substituents is 1. The highest BCUT2D eigenvalue weighted by Crippen LogP contribution is 2.29. The molecular formula is C10H14O. The van der Waals surface area contributed by atoms with Crippen molar-refractivity contribution in [3.63, 3.8) is 0 Å². The summed E-state index contributed by atoms with van der Waals surface area (Å²) in [5.74, 6) is 0.276. The molecule has 0 saturated carbocycles. The zero-order chi connectivity index (χ0) is 9.35. The van der Waals surface area contributed by atoms with Gasteiger partial charge in [-0.15, -0.1) is 0 Å². The number of rotatable bonds is 0. The lowest BCUT2D eigenvalue weighted by atomic mass is 9.86. The lowest BCUT2D eigenvalue weighted by Crippen LogP contribution is -2.10. The Morgan fingerprint density at radius 2 is 2.00 bits per heavy atom. The first-order chi connectivity index (χ1) is 5.41. The van der Waals surface area contributed by atoms with Gasteiger partial charge < -0.3 is 5.11 Å². The molecule has 0 aromatic heterocycles. The maximum absolute atomic E-state index is 9.49. The number of hydrogen-bond donors (Lipinski definition) is 1. The molecule has 0 saturated heterocycles. The minimum absolute atomic E-state index is 0.0961. The Bertz CT molecular complexity index is 286. The summed E-state index contributed by atoms with van der Waals surface area (Å²) in [4.78, 5) is 0. The molecule has 1 aromatic rings. The van der Waals surface area contributed by atoms with E-state index in [2.05, 4.69) is 0 Å². The Morgan fingerprint density at radius 1 is 1.36 bits per heavy atom. The summed E-state index contributed by atoms with van der Waals surface area (Å²) in [5, 5.41) is 9.49. The van der Waals surface area contributed by atoms with Crippen molar-refractivity contribution in [2.45, 2.75) is 26.2 Å². The molecule has 60 valence electrons. The van der Waals surface area contributed by atoms with E-state index in [4.69, 9.17) is 1.37 Å². The molecule has 1 rings (SSSR count). The monoisotopic (exact) mass is 152 g/mol. The molecule has 0 heterocycles. The lowest BCUT2D eigenvalue weighted by Gasteiger charge is -2.19. The zero-order valence-electron chi connectivity index (χ0n) is 8.18. The molecule has 0 fully saturated rings. The van der Waals surface area contributed by atoms with Crippen LogP contribution in [-0.4, -0.2) is 5.11 Å². The molecule has 1 heteroatoms. The topological polar surface area (TPSA) is 20.2 Å². The second-order valence-corrected chi connectivity index (χ2v) is 3.69. The Morgan fingerprint density at radius 3 is 2.45 bits per heavy atom. The van der Waals surface area contributed by atoms with Gasteiger partial charge in [-0.3, -0.25) is 0 Å². The average molecular weight is 152 g/mol. The molecule has 0 aliphatic carbocycles. The Labute approximate surface area is 69.1 Å². The van der Waals surface area contributed by atoms with Crippen LogP contribution in [0.15, 0.2) is 24.2 Å². The number of phenols is 1. The van der Waals surface area contributed by atoms with Crippen molar-refractivity contribution in [1.82, 2.24) is 0 Å². The molecule has 0 spiro atoms. The minimum atomic E-state index is -0.0961. The molecule has 1 N–H and O–H groups in total. The minimum Gasteiger partial charge on any atom is -0.508 e. The van der Waals surface area contributed by atoms with Crippen LogP contribution in [0.1, 0.15) is 27.7 Å². The van der Waals surface area contributed by atoms with E-state index in [-0.39, 0.29) is 11.2 Å². The van der Waals surface area contributed by atoms with E-state index in [0.29, 0.717) is 6.04 Å². The number of hydrogen-bond acceptors (Lipinski definition) is 1. The first-order valence-electron chi connectivity index (χ1n) is 4.21. The van der Waals surface area contributed by atoms with Crippen LogP contribution in [0.25, 0.3) is 0 Å². The molecular weight excluding hydrogens is 136 g/mol. The number of para-hydroxylation sites is 1. The van der Waals surface area contributed by atoms with Gasteiger partial charge in [0.1, 0.15) is 5.75 Å². The van der Waals surface area contributed by atoms with Crippen LogP contribution in [0, 0.1) is 0 Å². The highest BCUT2D eigenvalue weighted by molar-refractivity contribution is 5.36. The quantitative estimate of drug-likeness (QED) is 0.606. The average Bonchev–Trinajstić information content (AvgIpc) is 1.92. The highest BCUT2D eigenvalue weighted by atomic mass is 16.3. The molecule has 0 radical (unpaired) electrons. The lowest BCUT2D eigenvalue weighted by molar-refractivity contribution is 0.447. The van der Waals surface area contributed by atoms with Gasteiger partial charge in [0, 0.05) is 0 Å². The fourth-order valence-corrected chi connectivity index (χ4v) is 1.02. The molecule has 0 bridgehead atoms. The van der Waals surface area contributed by atoms with E-state index in [1.165, 1.54) is 0 Å². The van der Waals surface area contributed by atoms with Gasteiger partial charge in [-0.2, -0.15) is 0 Å². The SMILES string of the molecule is [3H]c1ccc(O)c(C(C)(C)C)c1. The van der Waals surface area contributed by atoms with Gasteiger partial charge in [-0.25, -0.2) is 0 Å². The summed E-state index contributed by atoms with van der Waals surface area (Å²) >= 11 is 0. The Hall–Kier alpha value is -0.980. The van der Waals surface area contributed by atoms with Gasteiger partial charge in [-0.05, 0) is 17.0 Å². The van der Waals surface area contributed by atoms with Crippen molar-refractivity contribution in [1.29, 1.82) is 0 Å². The molecule has 11 heavy (non-hydrogen) atoms. The summed E-state index contributed by atoms with van der Waals surface area (Å²) in [7, 11) is 0. The van der Waals surface area contributed by atoms with Gasteiger partial charge in [0.25, 0.3) is 0 Å². The smallest absolute Gasteiger partial charge is 0.119 e. The normalized spacial score (nSPS) is 12.8. The fraction of sp³-hybridized carbons (Fsp3) is 0.400. The van der Waals surface area contributed by atoms with E-state index < -0.39 is 0 Å². The van der Waals surface area contributed by atoms with Crippen molar-refractivity contribution in [3.05, 3.63) is 29.8 Å². The van der Waals surface area contributed by atoms with Gasteiger partial charge in [-0.1, -0.05) is 38.9 Å². The molecule has 0 amide bonds. The van der Waals surface area contributed by atoms with Crippen LogP contribution >= 0.6 is 0 Å². The summed E-state index contributed by atoms with van der Waals surface area (Å²) in [5.41, 5.74) is 0.733. The van der Waals surface area contributed by atoms with Crippen molar-refractivity contribution >= 4 is 0 Å². The van der Waals surface area contributed by atoms with Crippen molar-refractivity contribution < 1.29 is 6.48 Å². The van der Waals surface area contributed by atoms with Crippen molar-refractivity contribution in [2.75, 3.05) is 0 Å². The van der Waals surface area contributed by atoms with Crippen LogP contribution in [0.4, 0.5) is 0 Å². The van der Waals surface area contributed by atoms with Gasteiger partial charge in [0.15, 0.2) is 0 Å². The standard InChI is InChI=1S/C10H14O/c1-10(2,3)8-6-4-5-7-9(8)11/h4-7,11H,1-3H3/i4T. The Balaban J connectivity index is 3.23. The third-order valence-electron chi connectivity index (χ3n) is 1.65. The second-order valence-electron chi connectivity index (χ2n) is 3.69. The van der Waals surface area contributed by atoms with Crippen LogP contribution in [0.5, 0.6) is 5.75 Å². The van der Waals surface area contributed by atoms with E-state index in [0.717, 1.165) is 5.56 Å². The van der Waals surface area contributed by atoms with Gasteiger partial charge >= 0.3 is 0 Å². The van der Waals surface area contributed by atoms with E-state index in [9.17, 15) is 5.11 Å². The molecule has 0 unspecified atom stereocenters. The number of benzene rings is 1. The predicted molar refractivity (Wildman–Crippen MR) is 46.8 cm³/mol. The molecule has 0 atom stereocenters. The van der Waals surface area contributed by atoms with Crippen molar-refractivity contribution in [3.8, 4) is 5.75 Å². The zero-order valence-corrected chi connectivity index (χ0v) is 7.18. The van der Waals surface area contributed by atoms with Crippen LogP contribution in [-0.2, 0) is 5.41 Å². The van der Waals surface area contributed by atoms with E-state index in [1.54, 1.807) is 18.2 Å². The summed E-state index contributed by atoms with van der Waals surface area (Å²) in [6.07, 6.45) is 0. The first kappa shape index (κ1) is 6.71. The predicted octanol–water partition coefficient (Wildman–Crippen LogP) is 2.69. The van der Waals surface area contributed by atoms with Gasteiger partial charge in [0.2, 0.25) is 0 Å². The summed E-state index contributed by atoms with van der Waals surface area (Å²) in [6, 6.07) is 5.31. The second kappa shape index (κ2) is 2.57. The third-order valence-corrected chi connectivity index (χ3v) is 1.65. The molecule has 0 aliphatic heterocycles. The van der Waals surface area contributed by atoms with E-state index >= 15 is 0 Å². The fourth-order valence-electron chi connectivity index (χ4n) is 1.02. The number of aromatic hydroxyl groups is 1. The molecule has 1 aromatic carbocycles. The molecule has 0 aliphatic rings. The van der Waals surface area contributed by atoms with Crippen molar-refractivity contribution in [2.24, 2.45) is 0 Å².